The molecule has 118 valence electrons. The number of alkyl carbamates (subject to hydrolysis) is 1. The standard InChI is InChI=1S/C17H27NO3/c1-17(2,3)21-16(19)18-13-9-4-5-10-14-20-15-11-7-6-8-12-15/h6-8,11-12H,4-5,9-10,13-14H2,1-3H3,(H,18,19). The first-order chi connectivity index (χ1) is 9.97. The maximum absolute atomic E-state index is 11.4. The molecule has 0 saturated heterocycles. The van der Waals surface area contributed by atoms with Crippen molar-refractivity contribution in [2.24, 2.45) is 0 Å². The minimum Gasteiger partial charge on any atom is -0.494 e. The molecular formula is C17H27NO3. The summed E-state index contributed by atoms with van der Waals surface area (Å²) in [5.74, 6) is 0.920. The van der Waals surface area contributed by atoms with Crippen molar-refractivity contribution in [3.63, 3.8) is 0 Å². The van der Waals surface area contributed by atoms with Crippen LogP contribution in [0.3, 0.4) is 0 Å². The smallest absolute Gasteiger partial charge is 0.407 e. The van der Waals surface area contributed by atoms with Gasteiger partial charge in [0.1, 0.15) is 11.4 Å². The van der Waals surface area contributed by atoms with Gasteiger partial charge >= 0.3 is 6.09 Å². The Balaban J connectivity index is 1.92. The van der Waals surface area contributed by atoms with Gasteiger partial charge in [-0.05, 0) is 45.7 Å². The Labute approximate surface area is 127 Å². The van der Waals surface area contributed by atoms with Crippen molar-refractivity contribution in [1.29, 1.82) is 0 Å². The van der Waals surface area contributed by atoms with Crippen LogP contribution in [0.5, 0.6) is 5.75 Å². The molecule has 1 aromatic rings. The Kier molecular flexibility index (Phi) is 7.65. The zero-order valence-corrected chi connectivity index (χ0v) is 13.4. The number of carbonyl (C=O) groups excluding carboxylic acids is 1. The molecule has 0 radical (unpaired) electrons. The lowest BCUT2D eigenvalue weighted by Crippen LogP contribution is -2.32. The number of amides is 1. The van der Waals surface area contributed by atoms with E-state index in [0.29, 0.717) is 6.54 Å². The highest BCUT2D eigenvalue weighted by molar-refractivity contribution is 5.67. The van der Waals surface area contributed by atoms with Gasteiger partial charge in [-0.2, -0.15) is 0 Å². The minimum atomic E-state index is -0.432. The number of carbonyl (C=O) groups is 1. The number of nitrogens with one attached hydrogen (secondary N) is 1. The van der Waals surface area contributed by atoms with Gasteiger partial charge in [-0.25, -0.2) is 4.79 Å². The van der Waals surface area contributed by atoms with Crippen molar-refractivity contribution in [1.82, 2.24) is 5.32 Å². The van der Waals surface area contributed by atoms with E-state index >= 15 is 0 Å². The Morgan fingerprint density at radius 2 is 1.71 bits per heavy atom. The van der Waals surface area contributed by atoms with Gasteiger partial charge in [-0.15, -0.1) is 0 Å². The Morgan fingerprint density at radius 1 is 1.05 bits per heavy atom. The van der Waals surface area contributed by atoms with E-state index in [-0.39, 0.29) is 6.09 Å². The fourth-order valence-corrected chi connectivity index (χ4v) is 1.79. The number of unbranched alkanes of at least 4 members (excludes halogenated alkanes) is 3. The third kappa shape index (κ3) is 9.77. The van der Waals surface area contributed by atoms with E-state index in [0.717, 1.165) is 38.0 Å². The predicted octanol–water partition coefficient (Wildman–Crippen LogP) is 4.15. The van der Waals surface area contributed by atoms with Gasteiger partial charge in [0.05, 0.1) is 6.61 Å². The Bertz CT molecular complexity index is 398. The van der Waals surface area contributed by atoms with Crippen LogP contribution in [-0.2, 0) is 4.74 Å². The molecule has 0 aliphatic carbocycles. The molecular weight excluding hydrogens is 266 g/mol. The summed E-state index contributed by atoms with van der Waals surface area (Å²) in [5, 5.41) is 2.76. The number of hydrogen-bond acceptors (Lipinski definition) is 3. The largest absolute Gasteiger partial charge is 0.494 e. The van der Waals surface area contributed by atoms with Gasteiger partial charge in [0.15, 0.2) is 0 Å². The van der Waals surface area contributed by atoms with E-state index in [1.54, 1.807) is 0 Å². The molecule has 1 aromatic carbocycles. The van der Waals surface area contributed by atoms with E-state index in [2.05, 4.69) is 5.32 Å². The summed E-state index contributed by atoms with van der Waals surface area (Å²) in [6.07, 6.45) is 3.83. The lowest BCUT2D eigenvalue weighted by atomic mass is 10.2. The third-order valence-corrected chi connectivity index (χ3v) is 2.75. The van der Waals surface area contributed by atoms with Gasteiger partial charge in [-0.1, -0.05) is 31.0 Å². The average molecular weight is 293 g/mol. The SMILES string of the molecule is CC(C)(C)OC(=O)NCCCCCCOc1ccccc1. The third-order valence-electron chi connectivity index (χ3n) is 2.75. The highest BCUT2D eigenvalue weighted by Crippen LogP contribution is 2.10. The topological polar surface area (TPSA) is 47.6 Å². The highest BCUT2D eigenvalue weighted by atomic mass is 16.6. The molecule has 1 amide bonds. The summed E-state index contributed by atoms with van der Waals surface area (Å²) >= 11 is 0. The monoisotopic (exact) mass is 293 g/mol. The van der Waals surface area contributed by atoms with Crippen LogP contribution >= 0.6 is 0 Å². The van der Waals surface area contributed by atoms with Crippen molar-refractivity contribution in [2.45, 2.75) is 52.1 Å². The van der Waals surface area contributed by atoms with Crippen LogP contribution in [0.1, 0.15) is 46.5 Å². The fraction of sp³-hybridized carbons (Fsp3) is 0.588. The van der Waals surface area contributed by atoms with Gasteiger partial charge < -0.3 is 14.8 Å². The average Bonchev–Trinajstić information content (AvgIpc) is 2.41. The summed E-state index contributed by atoms with van der Waals surface area (Å²) in [4.78, 5) is 11.4. The van der Waals surface area contributed by atoms with Crippen molar-refractivity contribution >= 4 is 6.09 Å². The molecule has 0 aliphatic rings. The molecule has 0 atom stereocenters. The van der Waals surface area contributed by atoms with E-state index < -0.39 is 5.60 Å². The van der Waals surface area contributed by atoms with Crippen molar-refractivity contribution in [3.05, 3.63) is 30.3 Å². The first-order valence-electron chi connectivity index (χ1n) is 7.62. The molecule has 0 bridgehead atoms. The summed E-state index contributed by atoms with van der Waals surface area (Å²) in [6, 6.07) is 9.84. The zero-order chi connectivity index (χ0) is 15.6. The van der Waals surface area contributed by atoms with Crippen LogP contribution in [0.4, 0.5) is 4.79 Å². The first kappa shape index (κ1) is 17.3. The molecule has 0 spiro atoms. The first-order valence-corrected chi connectivity index (χ1v) is 7.62. The van der Waals surface area contributed by atoms with Crippen molar-refractivity contribution in [3.8, 4) is 5.75 Å². The molecule has 0 aromatic heterocycles. The van der Waals surface area contributed by atoms with Gasteiger partial charge in [0.25, 0.3) is 0 Å². The minimum absolute atomic E-state index is 0.338. The molecule has 1 rings (SSSR count). The summed E-state index contributed by atoms with van der Waals surface area (Å²) in [6.45, 7) is 6.98. The molecule has 4 heteroatoms. The van der Waals surface area contributed by atoms with Crippen LogP contribution < -0.4 is 10.1 Å². The van der Waals surface area contributed by atoms with Gasteiger partial charge in [-0.3, -0.25) is 0 Å². The second-order valence-corrected chi connectivity index (χ2v) is 6.00. The highest BCUT2D eigenvalue weighted by Gasteiger charge is 2.15. The number of para-hydroxylation sites is 1. The Morgan fingerprint density at radius 3 is 2.38 bits per heavy atom. The van der Waals surface area contributed by atoms with Crippen LogP contribution in [0.2, 0.25) is 0 Å². The van der Waals surface area contributed by atoms with Crippen molar-refractivity contribution in [2.75, 3.05) is 13.2 Å². The maximum atomic E-state index is 11.4. The molecule has 0 saturated carbocycles. The number of ether oxygens (including phenoxy) is 2. The molecule has 0 fully saturated rings. The van der Waals surface area contributed by atoms with E-state index in [4.69, 9.17) is 9.47 Å². The van der Waals surface area contributed by atoms with Gasteiger partial charge in [0.2, 0.25) is 0 Å². The summed E-state index contributed by atoms with van der Waals surface area (Å²) in [5.41, 5.74) is -0.432. The second-order valence-electron chi connectivity index (χ2n) is 6.00. The molecule has 21 heavy (non-hydrogen) atoms. The van der Waals surface area contributed by atoms with E-state index in [1.807, 2.05) is 51.1 Å². The molecule has 4 nitrogen and oxygen atoms in total. The number of benzene rings is 1. The van der Waals surface area contributed by atoms with Crippen LogP contribution in [0.15, 0.2) is 30.3 Å². The van der Waals surface area contributed by atoms with Crippen LogP contribution in [-0.4, -0.2) is 24.8 Å². The lowest BCUT2D eigenvalue weighted by Gasteiger charge is -2.19. The zero-order valence-electron chi connectivity index (χ0n) is 13.4. The maximum Gasteiger partial charge on any atom is 0.407 e. The number of rotatable bonds is 8. The van der Waals surface area contributed by atoms with Gasteiger partial charge in [0, 0.05) is 6.54 Å². The van der Waals surface area contributed by atoms with E-state index in [1.165, 1.54) is 0 Å². The lowest BCUT2D eigenvalue weighted by molar-refractivity contribution is 0.0527. The van der Waals surface area contributed by atoms with Crippen molar-refractivity contribution < 1.29 is 14.3 Å². The van der Waals surface area contributed by atoms with E-state index in [9.17, 15) is 4.79 Å². The number of hydrogen-bond donors (Lipinski definition) is 1. The summed E-state index contributed by atoms with van der Waals surface area (Å²) in [7, 11) is 0. The fourth-order valence-electron chi connectivity index (χ4n) is 1.79. The Hall–Kier alpha value is -1.71. The van der Waals surface area contributed by atoms with Crippen LogP contribution in [0, 0.1) is 0 Å². The second kappa shape index (κ2) is 9.27. The predicted molar refractivity (Wildman–Crippen MR) is 84.6 cm³/mol. The molecule has 1 N–H and O–H groups in total. The quantitative estimate of drug-likeness (QED) is 0.732. The summed E-state index contributed by atoms with van der Waals surface area (Å²) < 4.78 is 10.8. The molecule has 0 aliphatic heterocycles. The van der Waals surface area contributed by atoms with Crippen LogP contribution in [0.25, 0.3) is 0 Å². The molecule has 0 unspecified atom stereocenters. The molecule has 0 heterocycles. The normalized spacial score (nSPS) is 11.0.